The van der Waals surface area contributed by atoms with Gasteiger partial charge >= 0.3 is 0 Å². The maximum absolute atomic E-state index is 14.4. The van der Waals surface area contributed by atoms with Crippen molar-refractivity contribution in [3.8, 4) is 5.75 Å². The lowest BCUT2D eigenvalue weighted by Gasteiger charge is -2.34. The molecule has 0 heterocycles. The van der Waals surface area contributed by atoms with E-state index in [9.17, 15) is 18.0 Å². The molecule has 0 aliphatic heterocycles. The van der Waals surface area contributed by atoms with Gasteiger partial charge in [0.05, 0.1) is 17.7 Å². The molecule has 0 unspecified atom stereocenters. The molecule has 12 heteroatoms. The third-order valence-corrected chi connectivity index (χ3v) is 9.80. The van der Waals surface area contributed by atoms with E-state index in [2.05, 4.69) is 5.32 Å². The second-order valence-electron chi connectivity index (χ2n) is 9.99. The molecule has 0 saturated heterocycles. The molecule has 4 aromatic carbocycles. The summed E-state index contributed by atoms with van der Waals surface area (Å²) in [5.41, 5.74) is 1.43. The van der Waals surface area contributed by atoms with E-state index in [4.69, 9.17) is 39.5 Å². The molecule has 1 atom stereocenters. The van der Waals surface area contributed by atoms with Crippen LogP contribution in [0, 0.1) is 0 Å². The zero-order valence-electron chi connectivity index (χ0n) is 24.6. The third kappa shape index (κ3) is 8.49. The largest absolute Gasteiger partial charge is 0.497 e. The first-order valence-corrected chi connectivity index (χ1v) is 16.6. The molecular weight excluding hydrogens is 657 g/mol. The van der Waals surface area contributed by atoms with Crippen LogP contribution in [0.3, 0.4) is 0 Å². The standard InChI is InChI=1S/C33H32Cl3N3O5S/c1-3-37-33(41)31(20-23-8-5-4-6-9-23)38(21-28-29(35)10-7-11-30(28)36)32(40)22-39(25-14-12-24(34)13-15-25)45(42,43)27-18-16-26(44-2)17-19-27/h4-19,31H,3,20-22H2,1-2H3,(H,37,41)/t31-/m1/s1. The molecule has 4 aromatic rings. The maximum Gasteiger partial charge on any atom is 0.264 e. The molecule has 0 radical (unpaired) electrons. The van der Waals surface area contributed by atoms with E-state index in [1.165, 1.54) is 60.5 Å². The van der Waals surface area contributed by atoms with Gasteiger partial charge in [-0.25, -0.2) is 8.42 Å². The van der Waals surface area contributed by atoms with Crippen molar-refractivity contribution in [2.75, 3.05) is 24.5 Å². The molecule has 4 rings (SSSR count). The number of ether oxygens (including phenoxy) is 1. The number of halogens is 3. The predicted molar refractivity (Wildman–Crippen MR) is 179 cm³/mol. The lowest BCUT2D eigenvalue weighted by molar-refractivity contribution is -0.140. The van der Waals surface area contributed by atoms with Crippen LogP contribution in [-0.4, -0.2) is 51.4 Å². The average molecular weight is 689 g/mol. The summed E-state index contributed by atoms with van der Waals surface area (Å²) in [4.78, 5) is 29.3. The van der Waals surface area contributed by atoms with Crippen LogP contribution in [0.2, 0.25) is 15.1 Å². The van der Waals surface area contributed by atoms with Crippen LogP contribution in [0.1, 0.15) is 18.1 Å². The number of likely N-dealkylation sites (N-methyl/N-ethyl adjacent to an activating group) is 1. The molecule has 0 fully saturated rings. The zero-order valence-corrected chi connectivity index (χ0v) is 27.7. The minimum atomic E-state index is -4.29. The Labute approximate surface area is 278 Å². The predicted octanol–water partition coefficient (Wildman–Crippen LogP) is 6.63. The summed E-state index contributed by atoms with van der Waals surface area (Å²) in [5.74, 6) is -0.587. The molecular formula is C33H32Cl3N3O5S. The summed E-state index contributed by atoms with van der Waals surface area (Å²) in [6.07, 6.45) is 0.159. The first-order chi connectivity index (χ1) is 21.5. The van der Waals surface area contributed by atoms with Crippen LogP contribution in [0.5, 0.6) is 5.75 Å². The average Bonchev–Trinajstić information content (AvgIpc) is 3.03. The molecule has 0 bridgehead atoms. The van der Waals surface area contributed by atoms with Crippen LogP contribution in [0.15, 0.2) is 102 Å². The number of methoxy groups -OCH3 is 1. The van der Waals surface area contributed by atoms with Gasteiger partial charge in [-0.15, -0.1) is 0 Å². The van der Waals surface area contributed by atoms with E-state index in [-0.39, 0.29) is 23.5 Å². The number of nitrogens with one attached hydrogen (secondary N) is 1. The van der Waals surface area contributed by atoms with Crippen molar-refractivity contribution in [1.82, 2.24) is 10.2 Å². The summed E-state index contributed by atoms with van der Waals surface area (Å²) >= 11 is 19.2. The number of amides is 2. The number of hydrogen-bond acceptors (Lipinski definition) is 5. The van der Waals surface area contributed by atoms with Gasteiger partial charge in [0.25, 0.3) is 10.0 Å². The molecule has 0 aliphatic rings. The van der Waals surface area contributed by atoms with Crippen LogP contribution in [0.4, 0.5) is 5.69 Å². The van der Waals surface area contributed by atoms with Crippen molar-refractivity contribution in [3.05, 3.63) is 123 Å². The highest BCUT2D eigenvalue weighted by Gasteiger charge is 2.35. The first kappa shape index (κ1) is 34.1. The molecule has 0 aliphatic carbocycles. The summed E-state index contributed by atoms with van der Waals surface area (Å²) in [5, 5.41) is 3.81. The van der Waals surface area contributed by atoms with Crippen LogP contribution in [0.25, 0.3) is 0 Å². The SMILES string of the molecule is CCNC(=O)[C@@H](Cc1ccccc1)N(Cc1c(Cl)cccc1Cl)C(=O)CN(c1ccc(Cl)cc1)S(=O)(=O)c1ccc(OC)cc1. The molecule has 2 amide bonds. The van der Waals surface area contributed by atoms with Gasteiger partial charge < -0.3 is 15.0 Å². The van der Waals surface area contributed by atoms with Crippen molar-refractivity contribution < 1.29 is 22.7 Å². The number of benzene rings is 4. The van der Waals surface area contributed by atoms with E-state index in [1.807, 2.05) is 30.3 Å². The van der Waals surface area contributed by atoms with Gasteiger partial charge in [0.2, 0.25) is 11.8 Å². The van der Waals surface area contributed by atoms with E-state index in [1.54, 1.807) is 25.1 Å². The molecule has 236 valence electrons. The van der Waals surface area contributed by atoms with Gasteiger partial charge in [0.15, 0.2) is 0 Å². The van der Waals surface area contributed by atoms with E-state index in [0.29, 0.717) is 32.9 Å². The number of sulfonamides is 1. The minimum absolute atomic E-state index is 0.0590. The topological polar surface area (TPSA) is 96.0 Å². The van der Waals surface area contributed by atoms with E-state index < -0.39 is 34.4 Å². The van der Waals surface area contributed by atoms with Crippen molar-refractivity contribution in [3.63, 3.8) is 0 Å². The van der Waals surface area contributed by atoms with Gasteiger partial charge in [-0.3, -0.25) is 13.9 Å². The Bertz CT molecular complexity index is 1700. The number of nitrogens with zero attached hydrogens (tertiary/aromatic N) is 2. The Morgan fingerprint density at radius 1 is 0.844 bits per heavy atom. The fourth-order valence-corrected chi connectivity index (χ4v) is 6.77. The van der Waals surface area contributed by atoms with Gasteiger partial charge in [0.1, 0.15) is 18.3 Å². The lowest BCUT2D eigenvalue weighted by Crippen LogP contribution is -2.53. The summed E-state index contributed by atoms with van der Waals surface area (Å²) in [6.45, 7) is 1.31. The minimum Gasteiger partial charge on any atom is -0.497 e. The first-order valence-electron chi connectivity index (χ1n) is 14.0. The summed E-state index contributed by atoms with van der Waals surface area (Å²) < 4.78 is 34.4. The van der Waals surface area contributed by atoms with Gasteiger partial charge in [-0.1, -0.05) is 71.2 Å². The highest BCUT2D eigenvalue weighted by atomic mass is 35.5. The molecule has 8 nitrogen and oxygen atoms in total. The molecule has 0 aromatic heterocycles. The number of carbonyl (C=O) groups is 2. The molecule has 0 spiro atoms. The van der Waals surface area contributed by atoms with Gasteiger partial charge in [0, 0.05) is 40.1 Å². The monoisotopic (exact) mass is 687 g/mol. The third-order valence-electron chi connectivity index (χ3n) is 7.05. The van der Waals surface area contributed by atoms with Crippen molar-refractivity contribution in [2.24, 2.45) is 0 Å². The van der Waals surface area contributed by atoms with Crippen molar-refractivity contribution >= 4 is 62.3 Å². The Kier molecular flexibility index (Phi) is 11.7. The van der Waals surface area contributed by atoms with Crippen molar-refractivity contribution in [1.29, 1.82) is 0 Å². The van der Waals surface area contributed by atoms with E-state index >= 15 is 0 Å². The number of rotatable bonds is 13. The Morgan fingerprint density at radius 3 is 2.04 bits per heavy atom. The normalized spacial score (nSPS) is 11.8. The number of carbonyl (C=O) groups excluding carboxylic acids is 2. The number of hydrogen-bond donors (Lipinski definition) is 1. The van der Waals surface area contributed by atoms with Gasteiger partial charge in [-0.05, 0) is 73.2 Å². The zero-order chi connectivity index (χ0) is 32.6. The highest BCUT2D eigenvalue weighted by molar-refractivity contribution is 7.92. The maximum atomic E-state index is 14.4. The lowest BCUT2D eigenvalue weighted by atomic mass is 10.0. The smallest absolute Gasteiger partial charge is 0.264 e. The Morgan fingerprint density at radius 2 is 1.47 bits per heavy atom. The highest BCUT2D eigenvalue weighted by Crippen LogP contribution is 2.30. The number of anilines is 1. The van der Waals surface area contributed by atoms with Crippen LogP contribution < -0.4 is 14.4 Å². The fourth-order valence-electron chi connectivity index (χ4n) is 4.71. The Hall–Kier alpha value is -3.76. The van der Waals surface area contributed by atoms with Crippen LogP contribution >= 0.6 is 34.8 Å². The van der Waals surface area contributed by atoms with Crippen LogP contribution in [-0.2, 0) is 32.6 Å². The summed E-state index contributed by atoms with van der Waals surface area (Å²) in [6, 6.07) is 25.1. The second-order valence-corrected chi connectivity index (χ2v) is 13.1. The van der Waals surface area contributed by atoms with Crippen molar-refractivity contribution in [2.45, 2.75) is 30.8 Å². The fraction of sp³-hybridized carbons (Fsp3) is 0.212. The Balaban J connectivity index is 1.82. The quantitative estimate of drug-likeness (QED) is 0.170. The van der Waals surface area contributed by atoms with Gasteiger partial charge in [-0.2, -0.15) is 0 Å². The molecule has 45 heavy (non-hydrogen) atoms. The second kappa shape index (κ2) is 15.5. The molecule has 0 saturated carbocycles. The van der Waals surface area contributed by atoms with E-state index in [0.717, 1.165) is 9.87 Å². The summed E-state index contributed by atoms with van der Waals surface area (Å²) in [7, 11) is -2.82. The molecule has 1 N–H and O–H groups in total.